The quantitative estimate of drug-likeness (QED) is 0.213. The first-order valence-corrected chi connectivity index (χ1v) is 14.0. The molecule has 1 fully saturated rings. The number of aliphatic hydroxyl groups excluding tert-OH is 1. The second-order valence-electron chi connectivity index (χ2n) is 9.79. The van der Waals surface area contributed by atoms with Gasteiger partial charge in [-0.25, -0.2) is 10.1 Å². The fourth-order valence-corrected chi connectivity index (χ4v) is 5.61. The topological polar surface area (TPSA) is 129 Å². The van der Waals surface area contributed by atoms with Crippen LogP contribution in [0.25, 0.3) is 22.4 Å². The molecular formula is C30H29Cl2N5O4. The van der Waals surface area contributed by atoms with Crippen molar-refractivity contribution >= 4 is 34.8 Å². The Bertz CT molecular complexity index is 1630. The van der Waals surface area contributed by atoms with E-state index >= 15 is 0 Å². The minimum absolute atomic E-state index is 0.0509. The Morgan fingerprint density at radius 2 is 1.76 bits per heavy atom. The van der Waals surface area contributed by atoms with Gasteiger partial charge >= 0.3 is 0 Å². The molecule has 0 saturated heterocycles. The number of ether oxygens (including phenoxy) is 1. The highest BCUT2D eigenvalue weighted by molar-refractivity contribution is 6.39. The average molecular weight is 594 g/mol. The number of benzene rings is 2. The number of hydrogen-bond acceptors (Lipinski definition) is 7. The van der Waals surface area contributed by atoms with E-state index in [2.05, 4.69) is 20.8 Å². The third kappa shape index (κ3) is 6.28. The van der Waals surface area contributed by atoms with E-state index in [1.54, 1.807) is 25.3 Å². The van der Waals surface area contributed by atoms with E-state index < -0.39 is 11.5 Å². The van der Waals surface area contributed by atoms with Crippen LogP contribution >= 0.6 is 23.2 Å². The van der Waals surface area contributed by atoms with Crippen LogP contribution < -0.4 is 20.9 Å². The van der Waals surface area contributed by atoms with Crippen LogP contribution in [0.4, 0.5) is 5.69 Å². The number of carbonyl (C=O) groups is 1. The molecule has 9 nitrogen and oxygen atoms in total. The number of rotatable bonds is 8. The SMILES string of the molecule is COc1nc(-c2cccc(-c3cccc(NC(=O)c4ccn[nH]c4=O)c3Cl)c2Cl)ccc1CNC1CCCC[C@@H]1O. The summed E-state index contributed by atoms with van der Waals surface area (Å²) in [6, 6.07) is 15.9. The number of carbonyl (C=O) groups excluding carboxylic acids is 1. The predicted octanol–water partition coefficient (Wildman–Crippen LogP) is 5.46. The molecule has 1 aliphatic rings. The number of nitrogens with zero attached hydrogens (tertiary/aromatic N) is 2. The summed E-state index contributed by atoms with van der Waals surface area (Å²) in [4.78, 5) is 29.4. The van der Waals surface area contributed by atoms with Crippen LogP contribution in [0.2, 0.25) is 10.0 Å². The Labute approximate surface area is 246 Å². The molecule has 1 aliphatic carbocycles. The fourth-order valence-electron chi connectivity index (χ4n) is 5.01. The number of methoxy groups -OCH3 is 1. The Morgan fingerprint density at radius 1 is 1.02 bits per heavy atom. The molecule has 0 aliphatic heterocycles. The molecule has 0 bridgehead atoms. The van der Waals surface area contributed by atoms with E-state index in [-0.39, 0.29) is 22.7 Å². The van der Waals surface area contributed by atoms with E-state index in [9.17, 15) is 14.7 Å². The number of anilines is 1. The van der Waals surface area contributed by atoms with Crippen LogP contribution in [0, 0.1) is 0 Å². The van der Waals surface area contributed by atoms with Gasteiger partial charge in [0.2, 0.25) is 5.88 Å². The highest BCUT2D eigenvalue weighted by atomic mass is 35.5. The summed E-state index contributed by atoms with van der Waals surface area (Å²) in [5.74, 6) is -0.146. The molecule has 1 amide bonds. The second kappa shape index (κ2) is 12.8. The van der Waals surface area contributed by atoms with Crippen molar-refractivity contribution in [3.05, 3.63) is 92.3 Å². The molecule has 2 atom stereocenters. The minimum atomic E-state index is -0.614. The molecule has 2 aromatic carbocycles. The molecule has 4 N–H and O–H groups in total. The van der Waals surface area contributed by atoms with Gasteiger partial charge in [-0.1, -0.05) is 72.4 Å². The summed E-state index contributed by atoms with van der Waals surface area (Å²) in [6.45, 7) is 0.519. The Morgan fingerprint density at radius 3 is 2.51 bits per heavy atom. The average Bonchev–Trinajstić information content (AvgIpc) is 2.98. The van der Waals surface area contributed by atoms with Crippen molar-refractivity contribution < 1.29 is 14.6 Å². The zero-order valence-corrected chi connectivity index (χ0v) is 23.8. The lowest BCUT2D eigenvalue weighted by Crippen LogP contribution is -2.41. The van der Waals surface area contributed by atoms with E-state index in [4.69, 9.17) is 32.9 Å². The smallest absolute Gasteiger partial charge is 0.277 e. The molecule has 1 unspecified atom stereocenters. The van der Waals surface area contributed by atoms with Gasteiger partial charge in [0.15, 0.2) is 0 Å². The summed E-state index contributed by atoms with van der Waals surface area (Å²) in [7, 11) is 1.57. The van der Waals surface area contributed by atoms with Crippen molar-refractivity contribution in [1.82, 2.24) is 20.5 Å². The molecule has 41 heavy (non-hydrogen) atoms. The zero-order valence-electron chi connectivity index (χ0n) is 22.3. The van der Waals surface area contributed by atoms with Crippen LogP contribution in [-0.2, 0) is 6.54 Å². The first-order valence-electron chi connectivity index (χ1n) is 13.3. The van der Waals surface area contributed by atoms with Crippen molar-refractivity contribution in [1.29, 1.82) is 0 Å². The first kappa shape index (κ1) is 28.8. The number of nitrogens with one attached hydrogen (secondary N) is 3. The summed E-state index contributed by atoms with van der Waals surface area (Å²) < 4.78 is 5.60. The van der Waals surface area contributed by atoms with Crippen LogP contribution in [0.15, 0.2) is 65.6 Å². The van der Waals surface area contributed by atoms with Gasteiger partial charge in [-0.05, 0) is 31.0 Å². The summed E-state index contributed by atoms with van der Waals surface area (Å²) >= 11 is 13.6. The third-order valence-corrected chi connectivity index (χ3v) is 8.01. The van der Waals surface area contributed by atoms with Crippen LogP contribution in [0.3, 0.4) is 0 Å². The summed E-state index contributed by atoms with van der Waals surface area (Å²) in [5, 5.41) is 23.0. The van der Waals surface area contributed by atoms with Gasteiger partial charge in [0, 0.05) is 41.0 Å². The maximum Gasteiger partial charge on any atom is 0.277 e. The Hall–Kier alpha value is -3.76. The molecule has 1 saturated carbocycles. The van der Waals surface area contributed by atoms with Gasteiger partial charge < -0.3 is 20.5 Å². The van der Waals surface area contributed by atoms with Crippen LogP contribution in [0.1, 0.15) is 41.6 Å². The predicted molar refractivity (Wildman–Crippen MR) is 160 cm³/mol. The second-order valence-corrected chi connectivity index (χ2v) is 10.5. The highest BCUT2D eigenvalue weighted by Gasteiger charge is 2.23. The molecular weight excluding hydrogens is 565 g/mol. The standard InChI is InChI=1S/C30H29Cl2N5O4/c1-41-30-17(16-33-23-9-2-3-11-25(23)38)12-13-22(36-30)20-8-4-6-18(26(20)31)19-7-5-10-24(27(19)32)35-28(39)21-14-15-34-37-29(21)40/h4-8,10,12-15,23,25,33,38H,2-3,9,11,16H2,1H3,(H,35,39)(H,37,40)/t23?,25-/m0/s1. The minimum Gasteiger partial charge on any atom is -0.481 e. The largest absolute Gasteiger partial charge is 0.481 e. The maximum atomic E-state index is 12.7. The molecule has 0 spiro atoms. The number of aromatic amines is 1. The van der Waals surface area contributed by atoms with Gasteiger partial charge in [-0.2, -0.15) is 5.10 Å². The lowest BCUT2D eigenvalue weighted by molar-refractivity contribution is 0.0901. The Kier molecular flexibility index (Phi) is 8.99. The highest BCUT2D eigenvalue weighted by Crippen LogP contribution is 2.41. The van der Waals surface area contributed by atoms with Crippen molar-refractivity contribution in [3.8, 4) is 28.3 Å². The summed E-state index contributed by atoms with van der Waals surface area (Å²) in [5.41, 5.74) is 3.04. The monoisotopic (exact) mass is 593 g/mol. The van der Waals surface area contributed by atoms with Crippen molar-refractivity contribution in [2.75, 3.05) is 12.4 Å². The number of hydrogen-bond donors (Lipinski definition) is 4. The molecule has 0 radical (unpaired) electrons. The Balaban J connectivity index is 1.41. The van der Waals surface area contributed by atoms with Crippen molar-refractivity contribution in [3.63, 3.8) is 0 Å². The van der Waals surface area contributed by atoms with E-state index in [0.717, 1.165) is 31.2 Å². The normalized spacial score (nSPS) is 16.8. The van der Waals surface area contributed by atoms with Gasteiger partial charge in [0.25, 0.3) is 11.5 Å². The first-order chi connectivity index (χ1) is 19.9. The number of amides is 1. The summed E-state index contributed by atoms with van der Waals surface area (Å²) in [6.07, 6.45) is 4.88. The number of aromatic nitrogens is 3. The van der Waals surface area contributed by atoms with Gasteiger partial charge in [0.1, 0.15) is 5.56 Å². The van der Waals surface area contributed by atoms with E-state index in [0.29, 0.717) is 45.5 Å². The number of H-pyrrole nitrogens is 1. The van der Waals surface area contributed by atoms with Crippen LogP contribution in [0.5, 0.6) is 5.88 Å². The van der Waals surface area contributed by atoms with Crippen LogP contribution in [-0.4, -0.2) is 45.5 Å². The van der Waals surface area contributed by atoms with Gasteiger partial charge in [-0.3, -0.25) is 9.59 Å². The zero-order chi connectivity index (χ0) is 28.9. The molecule has 2 heterocycles. The molecule has 212 valence electrons. The van der Waals surface area contributed by atoms with Crippen molar-refractivity contribution in [2.24, 2.45) is 0 Å². The molecule has 2 aromatic heterocycles. The molecule has 4 aromatic rings. The van der Waals surface area contributed by atoms with E-state index in [1.807, 2.05) is 30.3 Å². The number of halogens is 2. The number of aliphatic hydroxyl groups is 1. The lowest BCUT2D eigenvalue weighted by atomic mass is 9.92. The molecule has 5 rings (SSSR count). The third-order valence-electron chi connectivity index (χ3n) is 7.20. The maximum absolute atomic E-state index is 12.7. The lowest BCUT2D eigenvalue weighted by Gasteiger charge is -2.28. The van der Waals surface area contributed by atoms with Gasteiger partial charge in [0.05, 0.1) is 34.6 Å². The van der Waals surface area contributed by atoms with Gasteiger partial charge in [-0.15, -0.1) is 0 Å². The molecule has 11 heteroatoms. The van der Waals surface area contributed by atoms with E-state index in [1.165, 1.54) is 12.3 Å². The fraction of sp³-hybridized carbons (Fsp3) is 0.267. The van der Waals surface area contributed by atoms with Crippen molar-refractivity contribution in [2.45, 2.75) is 44.4 Å². The number of pyridine rings is 1.